The Labute approximate surface area is 144 Å². The van der Waals surface area contributed by atoms with E-state index in [4.69, 9.17) is 11.6 Å². The van der Waals surface area contributed by atoms with Crippen molar-refractivity contribution in [1.82, 2.24) is 10.3 Å². The van der Waals surface area contributed by atoms with Crippen molar-refractivity contribution in [2.24, 2.45) is 11.8 Å². The average molecular weight is 358 g/mol. The smallest absolute Gasteiger partial charge is 0.229 e. The SMILES string of the molecule is CC(C(=O)Nc1nc(-c2cccc(Cl)c2)cs1)C1CNC1.Cl. The molecule has 1 aliphatic rings. The maximum Gasteiger partial charge on any atom is 0.229 e. The third kappa shape index (κ3) is 3.79. The van der Waals surface area contributed by atoms with Crippen LogP contribution >= 0.6 is 35.3 Å². The highest BCUT2D eigenvalue weighted by Crippen LogP contribution is 2.27. The van der Waals surface area contributed by atoms with Crippen molar-refractivity contribution < 1.29 is 4.79 Å². The Bertz CT molecular complexity index is 658. The first-order valence-electron chi connectivity index (χ1n) is 6.86. The zero-order chi connectivity index (χ0) is 14.8. The Morgan fingerprint density at radius 1 is 1.50 bits per heavy atom. The summed E-state index contributed by atoms with van der Waals surface area (Å²) < 4.78 is 0. The molecule has 0 saturated carbocycles. The number of anilines is 1. The van der Waals surface area contributed by atoms with E-state index in [1.807, 2.05) is 36.6 Å². The fourth-order valence-corrected chi connectivity index (χ4v) is 3.12. The van der Waals surface area contributed by atoms with E-state index in [0.29, 0.717) is 16.1 Å². The van der Waals surface area contributed by atoms with Crippen LogP contribution in [0, 0.1) is 11.8 Å². The lowest BCUT2D eigenvalue weighted by atomic mass is 9.88. The molecule has 22 heavy (non-hydrogen) atoms. The molecular formula is C15H17Cl2N3OS. The molecular weight excluding hydrogens is 341 g/mol. The highest BCUT2D eigenvalue weighted by atomic mass is 35.5. The van der Waals surface area contributed by atoms with Crippen molar-refractivity contribution in [3.05, 3.63) is 34.7 Å². The Morgan fingerprint density at radius 3 is 2.91 bits per heavy atom. The lowest BCUT2D eigenvalue weighted by Crippen LogP contribution is -2.48. The summed E-state index contributed by atoms with van der Waals surface area (Å²) in [6.07, 6.45) is 0. The molecule has 7 heteroatoms. The molecule has 1 aromatic heterocycles. The maximum absolute atomic E-state index is 12.2. The van der Waals surface area contributed by atoms with Gasteiger partial charge in [0.15, 0.2) is 5.13 Å². The first-order valence-corrected chi connectivity index (χ1v) is 8.12. The van der Waals surface area contributed by atoms with Crippen molar-refractivity contribution in [3.63, 3.8) is 0 Å². The molecule has 0 radical (unpaired) electrons. The summed E-state index contributed by atoms with van der Waals surface area (Å²) >= 11 is 7.42. The van der Waals surface area contributed by atoms with Crippen LogP contribution in [0.3, 0.4) is 0 Å². The molecule has 1 aliphatic heterocycles. The van der Waals surface area contributed by atoms with Gasteiger partial charge in [0.05, 0.1) is 5.69 Å². The summed E-state index contributed by atoms with van der Waals surface area (Å²) in [5.74, 6) is 0.468. The molecule has 0 spiro atoms. The van der Waals surface area contributed by atoms with Gasteiger partial charge in [-0.25, -0.2) is 4.98 Å². The minimum absolute atomic E-state index is 0. The normalized spacial score (nSPS) is 15.5. The van der Waals surface area contributed by atoms with Gasteiger partial charge in [0.25, 0.3) is 0 Å². The molecule has 1 atom stereocenters. The summed E-state index contributed by atoms with van der Waals surface area (Å²) in [5.41, 5.74) is 1.78. The van der Waals surface area contributed by atoms with E-state index < -0.39 is 0 Å². The van der Waals surface area contributed by atoms with Crippen molar-refractivity contribution >= 4 is 46.4 Å². The topological polar surface area (TPSA) is 54.0 Å². The largest absolute Gasteiger partial charge is 0.316 e. The molecule has 1 amide bonds. The Balaban J connectivity index is 0.00000176. The predicted octanol–water partition coefficient (Wildman–Crippen LogP) is 3.68. The van der Waals surface area contributed by atoms with E-state index in [0.717, 1.165) is 24.3 Å². The molecule has 2 N–H and O–H groups in total. The van der Waals surface area contributed by atoms with Crippen LogP contribution in [0.5, 0.6) is 0 Å². The molecule has 118 valence electrons. The first kappa shape index (κ1) is 17.2. The zero-order valence-corrected chi connectivity index (χ0v) is 14.4. The lowest BCUT2D eigenvalue weighted by molar-refractivity contribution is -0.121. The number of halogens is 2. The van der Waals surface area contributed by atoms with E-state index in [9.17, 15) is 4.79 Å². The molecule has 0 aliphatic carbocycles. The van der Waals surface area contributed by atoms with Gasteiger partial charge in [-0.1, -0.05) is 30.7 Å². The second kappa shape index (κ2) is 7.42. The van der Waals surface area contributed by atoms with Gasteiger partial charge < -0.3 is 10.6 Å². The lowest BCUT2D eigenvalue weighted by Gasteiger charge is -2.31. The van der Waals surface area contributed by atoms with E-state index in [-0.39, 0.29) is 24.2 Å². The van der Waals surface area contributed by atoms with Crippen LogP contribution in [0.25, 0.3) is 11.3 Å². The van der Waals surface area contributed by atoms with Crippen LogP contribution < -0.4 is 10.6 Å². The van der Waals surface area contributed by atoms with E-state index in [2.05, 4.69) is 15.6 Å². The Hall–Kier alpha value is -1.14. The van der Waals surface area contributed by atoms with Gasteiger partial charge in [-0.15, -0.1) is 23.7 Å². The number of nitrogens with one attached hydrogen (secondary N) is 2. The van der Waals surface area contributed by atoms with Crippen molar-refractivity contribution in [2.75, 3.05) is 18.4 Å². The number of carbonyl (C=O) groups excluding carboxylic acids is 1. The highest BCUT2D eigenvalue weighted by Gasteiger charge is 2.29. The first-order chi connectivity index (χ1) is 10.1. The second-order valence-electron chi connectivity index (χ2n) is 5.24. The number of aromatic nitrogens is 1. The molecule has 1 saturated heterocycles. The van der Waals surface area contributed by atoms with Gasteiger partial charge in [-0.2, -0.15) is 0 Å². The monoisotopic (exact) mass is 357 g/mol. The van der Waals surface area contributed by atoms with Crippen LogP contribution in [0.1, 0.15) is 6.92 Å². The van der Waals surface area contributed by atoms with Crippen LogP contribution in [0.4, 0.5) is 5.13 Å². The number of carbonyl (C=O) groups is 1. The number of amides is 1. The third-order valence-electron chi connectivity index (χ3n) is 3.79. The molecule has 4 nitrogen and oxygen atoms in total. The zero-order valence-electron chi connectivity index (χ0n) is 12.0. The van der Waals surface area contributed by atoms with E-state index >= 15 is 0 Å². The predicted molar refractivity (Wildman–Crippen MR) is 94.0 cm³/mol. The summed E-state index contributed by atoms with van der Waals surface area (Å²) in [4.78, 5) is 16.6. The van der Waals surface area contributed by atoms with Gasteiger partial charge in [-0.05, 0) is 31.1 Å². The van der Waals surface area contributed by atoms with E-state index in [1.165, 1.54) is 11.3 Å². The van der Waals surface area contributed by atoms with Crippen molar-refractivity contribution in [2.45, 2.75) is 6.92 Å². The second-order valence-corrected chi connectivity index (χ2v) is 6.54. The summed E-state index contributed by atoms with van der Waals surface area (Å²) in [5, 5.41) is 9.33. The molecule has 1 unspecified atom stereocenters. The van der Waals surface area contributed by atoms with Crippen LogP contribution in [-0.2, 0) is 4.79 Å². The summed E-state index contributed by atoms with van der Waals surface area (Å²) in [7, 11) is 0. The van der Waals surface area contributed by atoms with Crippen molar-refractivity contribution in [1.29, 1.82) is 0 Å². The average Bonchev–Trinajstić information content (AvgIpc) is 2.85. The molecule has 0 bridgehead atoms. The molecule has 2 aromatic rings. The number of hydrogen-bond acceptors (Lipinski definition) is 4. The fourth-order valence-electron chi connectivity index (χ4n) is 2.21. The number of nitrogens with zero attached hydrogens (tertiary/aromatic N) is 1. The Kier molecular flexibility index (Phi) is 5.81. The number of hydrogen-bond donors (Lipinski definition) is 2. The number of rotatable bonds is 4. The van der Waals surface area contributed by atoms with Gasteiger partial charge in [0, 0.05) is 21.9 Å². The maximum atomic E-state index is 12.2. The summed E-state index contributed by atoms with van der Waals surface area (Å²) in [6.45, 7) is 3.80. The van der Waals surface area contributed by atoms with Gasteiger partial charge in [-0.3, -0.25) is 4.79 Å². The van der Waals surface area contributed by atoms with Crippen LogP contribution in [0.2, 0.25) is 5.02 Å². The standard InChI is InChI=1S/C15H16ClN3OS.ClH/c1-9(11-6-17-7-11)14(20)19-15-18-13(8-21-15)10-3-2-4-12(16)5-10;/h2-5,8-9,11,17H,6-7H2,1H3,(H,18,19,20);1H. The minimum Gasteiger partial charge on any atom is -0.316 e. The molecule has 1 fully saturated rings. The molecule has 1 aromatic carbocycles. The minimum atomic E-state index is 0. The highest BCUT2D eigenvalue weighted by molar-refractivity contribution is 7.14. The van der Waals surface area contributed by atoms with Gasteiger partial charge in [0.2, 0.25) is 5.91 Å². The van der Waals surface area contributed by atoms with E-state index in [1.54, 1.807) is 0 Å². The van der Waals surface area contributed by atoms with Gasteiger partial charge in [0.1, 0.15) is 0 Å². The van der Waals surface area contributed by atoms with Crippen LogP contribution in [-0.4, -0.2) is 24.0 Å². The van der Waals surface area contributed by atoms with Crippen molar-refractivity contribution in [3.8, 4) is 11.3 Å². The fraction of sp³-hybridized carbons (Fsp3) is 0.333. The number of benzene rings is 1. The molecule has 2 heterocycles. The molecule has 3 rings (SSSR count). The van der Waals surface area contributed by atoms with Gasteiger partial charge >= 0.3 is 0 Å². The quantitative estimate of drug-likeness (QED) is 0.877. The summed E-state index contributed by atoms with van der Waals surface area (Å²) in [6, 6.07) is 7.54. The Morgan fingerprint density at radius 2 is 2.27 bits per heavy atom. The number of thiazole rings is 1. The van der Waals surface area contributed by atoms with Crippen LogP contribution in [0.15, 0.2) is 29.6 Å². The third-order valence-corrected chi connectivity index (χ3v) is 4.78.